The third kappa shape index (κ3) is 6.51. The Hall–Kier alpha value is 0.377. The Morgan fingerprint density at radius 2 is 1.03 bits per heavy atom. The van der Waals surface area contributed by atoms with Crippen LogP contribution in [-0.4, -0.2) is 29.4 Å². The van der Waals surface area contributed by atoms with Gasteiger partial charge in [0.1, 0.15) is 0 Å². The van der Waals surface area contributed by atoms with E-state index < -0.39 is 29.4 Å². The fraction of sp³-hybridized carbons (Fsp3) is 0.733. The summed E-state index contributed by atoms with van der Waals surface area (Å²) in [6.07, 6.45) is 11.2. The fourth-order valence-electron chi connectivity index (χ4n) is 6.11. The molecule has 5 heteroatoms. The molecule has 0 spiro atoms. The van der Waals surface area contributed by atoms with E-state index in [1.165, 1.54) is 51.4 Å². The van der Waals surface area contributed by atoms with Crippen LogP contribution in [0.4, 0.5) is 0 Å². The Kier molecular flexibility index (Phi) is 10.3. The maximum atomic E-state index is 2.83. The summed E-state index contributed by atoms with van der Waals surface area (Å²) in [6, 6.07) is 5.65. The molecule has 2 aromatic heterocycles. The molecule has 2 aromatic rings. The molecule has 1 aliphatic heterocycles. The molecule has 0 amide bonds. The second kappa shape index (κ2) is 12.0. The van der Waals surface area contributed by atoms with Gasteiger partial charge in [0.15, 0.2) is 0 Å². The Labute approximate surface area is 231 Å². The molecule has 0 fully saturated rings. The van der Waals surface area contributed by atoms with Crippen molar-refractivity contribution in [1.29, 1.82) is 0 Å². The molecule has 2 unspecified atom stereocenters. The van der Waals surface area contributed by atoms with Crippen LogP contribution in [0.1, 0.15) is 79.1 Å². The van der Waals surface area contributed by atoms with Crippen molar-refractivity contribution >= 4 is 69.9 Å². The van der Waals surface area contributed by atoms with Gasteiger partial charge in [0.05, 0.1) is 0 Å². The van der Waals surface area contributed by atoms with E-state index in [1.807, 2.05) is 8.79 Å². The summed E-state index contributed by atoms with van der Waals surface area (Å²) in [5, 5.41) is 3.12. The molecule has 0 aliphatic carbocycles. The molecule has 3 heterocycles. The number of rotatable bonds is 14. The summed E-state index contributed by atoms with van der Waals surface area (Å²) in [5.41, 5.74) is 0. The van der Waals surface area contributed by atoms with Crippen LogP contribution >= 0.6 is 22.7 Å². The molecule has 0 nitrogen and oxygen atoms in total. The van der Waals surface area contributed by atoms with E-state index >= 15 is 0 Å². The second-order valence-corrected chi connectivity index (χ2v) is 35.0. The van der Waals surface area contributed by atoms with Crippen LogP contribution in [0.5, 0.6) is 0 Å². The van der Waals surface area contributed by atoms with E-state index in [0.717, 1.165) is 11.8 Å². The molecular formula is C30H54GeS2Si2. The van der Waals surface area contributed by atoms with E-state index in [0.29, 0.717) is 0 Å². The van der Waals surface area contributed by atoms with E-state index in [4.69, 9.17) is 0 Å². The summed E-state index contributed by atoms with van der Waals surface area (Å²) in [5.74, 6) is 1.84. The normalized spacial score (nSPS) is 16.9. The molecule has 0 N–H and O–H groups in total. The summed E-state index contributed by atoms with van der Waals surface area (Å²) >= 11 is 1.97. The zero-order chi connectivity index (χ0) is 26.0. The molecule has 2 atom stereocenters. The van der Waals surface area contributed by atoms with Gasteiger partial charge in [0.25, 0.3) is 0 Å². The molecule has 0 saturated heterocycles. The van der Waals surface area contributed by atoms with Gasteiger partial charge in [-0.2, -0.15) is 0 Å². The minimum atomic E-state index is -2.51. The van der Waals surface area contributed by atoms with E-state index in [2.05, 4.69) is 102 Å². The molecule has 198 valence electrons. The van der Waals surface area contributed by atoms with Gasteiger partial charge in [0.2, 0.25) is 0 Å². The molecule has 0 saturated carbocycles. The first-order chi connectivity index (χ1) is 16.4. The third-order valence-corrected chi connectivity index (χ3v) is 30.2. The Bertz CT molecular complexity index is 882. The van der Waals surface area contributed by atoms with Crippen LogP contribution < -0.4 is 17.8 Å². The van der Waals surface area contributed by atoms with E-state index in [1.54, 1.807) is 29.3 Å². The van der Waals surface area contributed by atoms with Crippen LogP contribution in [0.15, 0.2) is 12.1 Å². The molecule has 3 rings (SSSR count). The van der Waals surface area contributed by atoms with Crippen molar-refractivity contribution in [3.8, 4) is 9.75 Å². The van der Waals surface area contributed by atoms with E-state index in [9.17, 15) is 0 Å². The topological polar surface area (TPSA) is 0 Å². The quantitative estimate of drug-likeness (QED) is 0.188. The molecular weight excluding hydrogens is 553 g/mol. The van der Waals surface area contributed by atoms with Gasteiger partial charge >= 0.3 is 232 Å². The van der Waals surface area contributed by atoms with Crippen LogP contribution in [0, 0.1) is 11.8 Å². The monoisotopic (exact) mass is 608 g/mol. The number of thiophene rings is 2. The van der Waals surface area contributed by atoms with Crippen molar-refractivity contribution in [2.24, 2.45) is 11.8 Å². The van der Waals surface area contributed by atoms with Gasteiger partial charge in [-0.3, -0.25) is 0 Å². The van der Waals surface area contributed by atoms with Crippen molar-refractivity contribution < 1.29 is 0 Å². The first-order valence-corrected chi connectivity index (χ1v) is 28.4. The predicted molar refractivity (Wildman–Crippen MR) is 175 cm³/mol. The van der Waals surface area contributed by atoms with Crippen LogP contribution in [0.2, 0.25) is 49.8 Å². The number of hydrogen-bond donors (Lipinski definition) is 0. The molecule has 35 heavy (non-hydrogen) atoms. The van der Waals surface area contributed by atoms with Gasteiger partial charge in [-0.05, 0) is 0 Å². The van der Waals surface area contributed by atoms with Gasteiger partial charge in [-0.1, -0.05) is 0 Å². The Balaban J connectivity index is 2.23. The number of hydrogen-bond acceptors (Lipinski definition) is 2. The molecule has 0 aromatic carbocycles. The summed E-state index contributed by atoms with van der Waals surface area (Å²) in [6.45, 7) is 25.1. The van der Waals surface area contributed by atoms with Gasteiger partial charge in [0, 0.05) is 0 Å². The van der Waals surface area contributed by atoms with Crippen molar-refractivity contribution in [2.45, 2.75) is 129 Å². The third-order valence-electron chi connectivity index (χ3n) is 8.54. The molecule has 1 aliphatic rings. The summed E-state index contributed by atoms with van der Waals surface area (Å²) < 4.78 is 7.44. The summed E-state index contributed by atoms with van der Waals surface area (Å²) in [4.78, 5) is 3.53. The minimum absolute atomic E-state index is 0.919. The SMILES string of the molecule is CCCCC(CC)[CH2][Ge]1([CH2]C(CC)CCCC)[c]2cc([Si](C)(C)C)sc2-c2sc([Si](C)(C)C)c[c]21. The Morgan fingerprint density at radius 1 is 0.657 bits per heavy atom. The zero-order valence-electron chi connectivity index (χ0n) is 24.7. The van der Waals surface area contributed by atoms with Crippen molar-refractivity contribution in [1.82, 2.24) is 0 Å². The maximum absolute atomic E-state index is 2.83. The molecule has 0 bridgehead atoms. The number of fused-ring (bicyclic) bond motifs is 3. The van der Waals surface area contributed by atoms with Gasteiger partial charge in [-0.25, -0.2) is 0 Å². The summed E-state index contributed by atoms with van der Waals surface area (Å²) in [7, 11) is -2.63. The number of unbranched alkanes of at least 4 members (excludes halogenated alkanes) is 2. The van der Waals surface area contributed by atoms with Gasteiger partial charge < -0.3 is 0 Å². The average molecular weight is 608 g/mol. The van der Waals surface area contributed by atoms with Crippen LogP contribution in [0.3, 0.4) is 0 Å². The van der Waals surface area contributed by atoms with Gasteiger partial charge in [-0.15, -0.1) is 0 Å². The van der Waals surface area contributed by atoms with Crippen LogP contribution in [-0.2, 0) is 0 Å². The zero-order valence-corrected chi connectivity index (χ0v) is 30.4. The van der Waals surface area contributed by atoms with Crippen molar-refractivity contribution in [3.63, 3.8) is 0 Å². The predicted octanol–water partition coefficient (Wildman–Crippen LogP) is 8.88. The molecule has 0 radical (unpaired) electrons. The van der Waals surface area contributed by atoms with E-state index in [-0.39, 0.29) is 0 Å². The first-order valence-electron chi connectivity index (χ1n) is 14.7. The van der Waals surface area contributed by atoms with Crippen LogP contribution in [0.25, 0.3) is 9.75 Å². The average Bonchev–Trinajstić information content (AvgIpc) is 3.47. The second-order valence-electron chi connectivity index (χ2n) is 13.5. The van der Waals surface area contributed by atoms with Crippen molar-refractivity contribution in [2.75, 3.05) is 0 Å². The standard InChI is InChI=1S/C30H54GeS2Si2/c1-11-15-17-23(13-3)21-31(22-24(14-4)18-16-12-2)25-19-27(34(5,6)7)32-29(25)30-26(31)20-28(33-30)35(8,9)10/h19-20,23-24H,11-18,21-22H2,1-10H3. The fourth-order valence-corrected chi connectivity index (χ4v) is 29.3. The first kappa shape index (κ1) is 29.9. The Morgan fingerprint density at radius 3 is 1.31 bits per heavy atom. The van der Waals surface area contributed by atoms with Crippen molar-refractivity contribution in [3.05, 3.63) is 12.1 Å².